The van der Waals surface area contributed by atoms with Crippen LogP contribution in [0.25, 0.3) is 0 Å². The number of ether oxygens (including phenoxy) is 1. The number of carbonyl (C=O) groups excluding carboxylic acids is 1. The van der Waals surface area contributed by atoms with Crippen LogP contribution in [-0.4, -0.2) is 25.7 Å². The molecule has 23 heavy (non-hydrogen) atoms. The van der Waals surface area contributed by atoms with Crippen LogP contribution >= 0.6 is 0 Å². The first-order chi connectivity index (χ1) is 11.3. The van der Waals surface area contributed by atoms with Crippen LogP contribution in [0.4, 0.5) is 17.1 Å². The molecular weight excluding hydrogens is 288 g/mol. The van der Waals surface area contributed by atoms with Gasteiger partial charge in [0.15, 0.2) is 0 Å². The lowest BCUT2D eigenvalue weighted by atomic mass is 10.1. The average molecular weight is 308 g/mol. The van der Waals surface area contributed by atoms with Crippen LogP contribution in [0.5, 0.6) is 0 Å². The van der Waals surface area contributed by atoms with Gasteiger partial charge in [-0.05, 0) is 48.7 Å². The molecule has 1 fully saturated rings. The van der Waals surface area contributed by atoms with Crippen molar-refractivity contribution in [3.63, 3.8) is 0 Å². The molecule has 2 heterocycles. The van der Waals surface area contributed by atoms with Crippen molar-refractivity contribution in [3.8, 4) is 0 Å². The van der Waals surface area contributed by atoms with Crippen LogP contribution in [0.3, 0.4) is 0 Å². The summed E-state index contributed by atoms with van der Waals surface area (Å²) < 4.78 is 5.27. The Labute approximate surface area is 136 Å². The number of rotatable bonds is 3. The summed E-state index contributed by atoms with van der Waals surface area (Å²) in [5.41, 5.74) is 4.69. The van der Waals surface area contributed by atoms with Gasteiger partial charge in [0.05, 0.1) is 12.5 Å². The monoisotopic (exact) mass is 308 g/mol. The maximum absolute atomic E-state index is 12.1. The number of carbonyl (C=O) groups is 1. The molecule has 0 bridgehead atoms. The molecule has 4 heteroatoms. The molecule has 1 amide bonds. The molecule has 0 aliphatic carbocycles. The predicted molar refractivity (Wildman–Crippen MR) is 91.1 cm³/mol. The third-order valence-corrected chi connectivity index (χ3v) is 4.63. The number of nitrogens with zero attached hydrogens (tertiary/aromatic N) is 1. The van der Waals surface area contributed by atoms with E-state index in [1.54, 1.807) is 0 Å². The largest absolute Gasteiger partial charge is 0.381 e. The summed E-state index contributed by atoms with van der Waals surface area (Å²) in [6, 6.07) is 16.6. The zero-order valence-electron chi connectivity index (χ0n) is 13.0. The van der Waals surface area contributed by atoms with E-state index in [4.69, 9.17) is 4.74 Å². The fraction of sp³-hybridized carbons (Fsp3) is 0.316. The summed E-state index contributed by atoms with van der Waals surface area (Å²) in [5, 5.41) is 2.98. The minimum absolute atomic E-state index is 0.0138. The van der Waals surface area contributed by atoms with Crippen molar-refractivity contribution in [2.45, 2.75) is 12.8 Å². The molecule has 0 spiro atoms. The highest BCUT2D eigenvalue weighted by Gasteiger charge is 2.24. The molecule has 0 aromatic heterocycles. The molecule has 4 rings (SSSR count). The summed E-state index contributed by atoms with van der Waals surface area (Å²) in [4.78, 5) is 14.4. The van der Waals surface area contributed by atoms with Crippen LogP contribution in [0, 0.1) is 5.92 Å². The summed E-state index contributed by atoms with van der Waals surface area (Å²) in [5.74, 6) is 0.0434. The number of benzene rings is 2. The second-order valence-corrected chi connectivity index (χ2v) is 6.13. The average Bonchev–Trinajstić information content (AvgIpc) is 3.25. The molecule has 0 saturated carbocycles. The first-order valence-electron chi connectivity index (χ1n) is 8.15. The minimum Gasteiger partial charge on any atom is -0.381 e. The summed E-state index contributed by atoms with van der Waals surface area (Å²) in [7, 11) is 0. The molecule has 0 radical (unpaired) electrons. The number of hydrogen-bond acceptors (Lipinski definition) is 3. The molecule has 2 aliphatic heterocycles. The predicted octanol–water partition coefficient (Wildman–Crippen LogP) is 3.36. The first kappa shape index (κ1) is 14.3. The van der Waals surface area contributed by atoms with E-state index in [1.165, 1.54) is 11.3 Å². The van der Waals surface area contributed by atoms with Gasteiger partial charge in [0.2, 0.25) is 5.91 Å². The minimum atomic E-state index is -0.0138. The Morgan fingerprint density at radius 3 is 2.74 bits per heavy atom. The second kappa shape index (κ2) is 6.05. The lowest BCUT2D eigenvalue weighted by Crippen LogP contribution is -2.22. The van der Waals surface area contributed by atoms with Crippen molar-refractivity contribution in [2.24, 2.45) is 5.92 Å². The number of nitrogens with one attached hydrogen (secondary N) is 1. The van der Waals surface area contributed by atoms with Crippen molar-refractivity contribution in [3.05, 3.63) is 54.1 Å². The Morgan fingerprint density at radius 1 is 1.13 bits per heavy atom. The first-order valence-corrected chi connectivity index (χ1v) is 8.15. The van der Waals surface area contributed by atoms with Gasteiger partial charge >= 0.3 is 0 Å². The number of amides is 1. The molecule has 1 N–H and O–H groups in total. The van der Waals surface area contributed by atoms with Crippen LogP contribution in [-0.2, 0) is 16.0 Å². The van der Waals surface area contributed by atoms with Crippen molar-refractivity contribution < 1.29 is 9.53 Å². The fourth-order valence-electron chi connectivity index (χ4n) is 3.32. The van der Waals surface area contributed by atoms with E-state index in [1.807, 2.05) is 12.1 Å². The number of fused-ring (bicyclic) bond motifs is 1. The molecule has 1 atom stereocenters. The van der Waals surface area contributed by atoms with Gasteiger partial charge in [0.1, 0.15) is 0 Å². The Kier molecular flexibility index (Phi) is 3.75. The van der Waals surface area contributed by atoms with Gasteiger partial charge in [-0.2, -0.15) is 0 Å². The van der Waals surface area contributed by atoms with Crippen molar-refractivity contribution in [1.82, 2.24) is 0 Å². The smallest absolute Gasteiger partial charge is 0.229 e. The second-order valence-electron chi connectivity index (χ2n) is 6.13. The van der Waals surface area contributed by atoms with E-state index in [0.29, 0.717) is 13.2 Å². The molecule has 2 aliphatic rings. The number of hydrogen-bond donors (Lipinski definition) is 1. The fourth-order valence-corrected chi connectivity index (χ4v) is 3.32. The van der Waals surface area contributed by atoms with Gasteiger partial charge < -0.3 is 15.0 Å². The summed E-state index contributed by atoms with van der Waals surface area (Å²) in [6.07, 6.45) is 1.89. The molecule has 0 unspecified atom stereocenters. The van der Waals surface area contributed by atoms with Crippen LogP contribution < -0.4 is 10.2 Å². The maximum Gasteiger partial charge on any atom is 0.229 e. The van der Waals surface area contributed by atoms with Gasteiger partial charge in [-0.1, -0.05) is 18.2 Å². The van der Waals surface area contributed by atoms with Crippen LogP contribution in [0.2, 0.25) is 0 Å². The number of anilines is 3. The molecule has 118 valence electrons. The zero-order chi connectivity index (χ0) is 15.6. The van der Waals surface area contributed by atoms with E-state index in [0.717, 1.165) is 30.8 Å². The highest BCUT2D eigenvalue weighted by Crippen LogP contribution is 2.34. The van der Waals surface area contributed by atoms with Gasteiger partial charge in [-0.15, -0.1) is 0 Å². The maximum atomic E-state index is 12.1. The highest BCUT2D eigenvalue weighted by molar-refractivity contribution is 5.93. The standard InChI is InChI=1S/C19H20N2O2/c22-19(15-10-12-23-13-15)20-16-5-7-17(8-6-16)21-11-9-14-3-1-2-4-18(14)21/h1-8,15H,9-13H2,(H,20,22)/t15-/m0/s1. The molecular formula is C19H20N2O2. The van der Waals surface area contributed by atoms with Crippen molar-refractivity contribution >= 4 is 23.0 Å². The molecule has 2 aromatic rings. The Hall–Kier alpha value is -2.33. The Balaban J connectivity index is 1.47. The molecule has 1 saturated heterocycles. The van der Waals surface area contributed by atoms with Crippen LogP contribution in [0.1, 0.15) is 12.0 Å². The van der Waals surface area contributed by atoms with Gasteiger partial charge in [-0.3, -0.25) is 4.79 Å². The third-order valence-electron chi connectivity index (χ3n) is 4.63. The lowest BCUT2D eigenvalue weighted by molar-refractivity contribution is -0.119. The zero-order valence-corrected chi connectivity index (χ0v) is 13.0. The van der Waals surface area contributed by atoms with E-state index in [9.17, 15) is 4.79 Å². The molecule has 4 nitrogen and oxygen atoms in total. The topological polar surface area (TPSA) is 41.6 Å². The van der Waals surface area contributed by atoms with Crippen molar-refractivity contribution in [2.75, 3.05) is 30.0 Å². The lowest BCUT2D eigenvalue weighted by Gasteiger charge is -2.20. The Morgan fingerprint density at radius 2 is 1.96 bits per heavy atom. The number of para-hydroxylation sites is 1. The van der Waals surface area contributed by atoms with E-state index in [2.05, 4.69) is 46.6 Å². The van der Waals surface area contributed by atoms with Gasteiger partial charge in [0.25, 0.3) is 0 Å². The van der Waals surface area contributed by atoms with E-state index >= 15 is 0 Å². The van der Waals surface area contributed by atoms with Gasteiger partial charge in [0, 0.05) is 30.2 Å². The quantitative estimate of drug-likeness (QED) is 0.945. The molecule has 2 aromatic carbocycles. The van der Waals surface area contributed by atoms with E-state index in [-0.39, 0.29) is 11.8 Å². The SMILES string of the molecule is O=C(Nc1ccc(N2CCc3ccccc32)cc1)[C@H]1CCOC1. The Bertz CT molecular complexity index is 706. The normalized spacial score (nSPS) is 19.7. The van der Waals surface area contributed by atoms with Crippen molar-refractivity contribution in [1.29, 1.82) is 0 Å². The summed E-state index contributed by atoms with van der Waals surface area (Å²) in [6.45, 7) is 2.23. The highest BCUT2D eigenvalue weighted by atomic mass is 16.5. The third kappa shape index (κ3) is 2.82. The van der Waals surface area contributed by atoms with Gasteiger partial charge in [-0.25, -0.2) is 0 Å². The summed E-state index contributed by atoms with van der Waals surface area (Å²) >= 11 is 0. The van der Waals surface area contributed by atoms with E-state index < -0.39 is 0 Å². The van der Waals surface area contributed by atoms with Crippen LogP contribution in [0.15, 0.2) is 48.5 Å².